The quantitative estimate of drug-likeness (QED) is 0.418. The maximum absolute atomic E-state index is 13.6. The van der Waals surface area contributed by atoms with Crippen molar-refractivity contribution in [3.05, 3.63) is 46.3 Å². The molecule has 2 aromatic rings. The van der Waals surface area contributed by atoms with Crippen molar-refractivity contribution in [3.8, 4) is 0 Å². The Morgan fingerprint density at radius 2 is 1.86 bits per heavy atom. The molecule has 3 atom stereocenters. The molecule has 0 saturated heterocycles. The number of hydrogen-bond acceptors (Lipinski definition) is 5. The van der Waals surface area contributed by atoms with Gasteiger partial charge >= 0.3 is 5.97 Å². The number of nitrogens with one attached hydrogen (secondary N) is 1. The lowest BCUT2D eigenvalue weighted by Crippen LogP contribution is -2.26. The molecule has 6 nitrogen and oxygen atoms in total. The SMILES string of the molecule is COC(=O)C1C[C@H](C(=O)Nc2ccc(C)cc2C)[C@@H](c2noc(C3CC(CC(C)C)C3)c2C2CC2)C1. The van der Waals surface area contributed by atoms with Crippen LogP contribution in [0, 0.1) is 37.5 Å². The van der Waals surface area contributed by atoms with Crippen molar-refractivity contribution in [3.63, 3.8) is 0 Å². The van der Waals surface area contributed by atoms with Crippen molar-refractivity contribution in [2.75, 3.05) is 12.4 Å². The van der Waals surface area contributed by atoms with Crippen LogP contribution in [0.5, 0.6) is 0 Å². The van der Waals surface area contributed by atoms with Gasteiger partial charge in [0.15, 0.2) is 0 Å². The zero-order valence-electron chi connectivity index (χ0n) is 22.3. The highest BCUT2D eigenvalue weighted by atomic mass is 16.5. The Hall–Kier alpha value is -2.63. The van der Waals surface area contributed by atoms with E-state index in [0.29, 0.717) is 30.6 Å². The van der Waals surface area contributed by atoms with Gasteiger partial charge in [-0.2, -0.15) is 0 Å². The normalized spacial score (nSPS) is 27.7. The number of carbonyl (C=O) groups is 2. The molecule has 1 amide bonds. The van der Waals surface area contributed by atoms with Gasteiger partial charge in [0.05, 0.1) is 18.7 Å². The van der Waals surface area contributed by atoms with Gasteiger partial charge in [-0.3, -0.25) is 9.59 Å². The highest BCUT2D eigenvalue weighted by molar-refractivity contribution is 5.94. The van der Waals surface area contributed by atoms with Gasteiger partial charge in [0, 0.05) is 29.0 Å². The van der Waals surface area contributed by atoms with Gasteiger partial charge in [0.2, 0.25) is 5.91 Å². The fourth-order valence-electron chi connectivity index (χ4n) is 6.64. The summed E-state index contributed by atoms with van der Waals surface area (Å²) in [5, 5.41) is 7.78. The molecule has 194 valence electrons. The molecule has 3 aliphatic rings. The van der Waals surface area contributed by atoms with Crippen LogP contribution < -0.4 is 5.32 Å². The van der Waals surface area contributed by atoms with E-state index in [1.807, 2.05) is 26.0 Å². The Kier molecular flexibility index (Phi) is 6.97. The van der Waals surface area contributed by atoms with E-state index in [1.54, 1.807) is 0 Å². The van der Waals surface area contributed by atoms with Crippen LogP contribution in [0.3, 0.4) is 0 Å². The van der Waals surface area contributed by atoms with Crippen LogP contribution in [-0.4, -0.2) is 24.1 Å². The first kappa shape index (κ1) is 25.0. The van der Waals surface area contributed by atoms with Crippen molar-refractivity contribution in [1.29, 1.82) is 0 Å². The third-order valence-electron chi connectivity index (χ3n) is 8.61. The maximum Gasteiger partial charge on any atom is 0.308 e. The minimum Gasteiger partial charge on any atom is -0.469 e. The van der Waals surface area contributed by atoms with Crippen LogP contribution in [0.2, 0.25) is 0 Å². The number of amides is 1. The molecule has 1 unspecified atom stereocenters. The van der Waals surface area contributed by atoms with E-state index in [2.05, 4.69) is 30.4 Å². The second-order valence-corrected chi connectivity index (χ2v) is 12.0. The zero-order chi connectivity index (χ0) is 25.6. The fraction of sp³-hybridized carbons (Fsp3) is 0.633. The number of aryl methyl sites for hydroxylation is 2. The van der Waals surface area contributed by atoms with Crippen LogP contribution in [0.25, 0.3) is 0 Å². The van der Waals surface area contributed by atoms with Crippen LogP contribution in [0.1, 0.15) is 105 Å². The maximum atomic E-state index is 13.6. The number of nitrogens with zero attached hydrogens (tertiary/aromatic N) is 1. The minimum absolute atomic E-state index is 0.0507. The number of carbonyl (C=O) groups excluding carboxylic acids is 2. The lowest BCUT2D eigenvalue weighted by Gasteiger charge is -2.35. The zero-order valence-corrected chi connectivity index (χ0v) is 22.3. The Balaban J connectivity index is 1.41. The fourth-order valence-corrected chi connectivity index (χ4v) is 6.64. The predicted molar refractivity (Wildman–Crippen MR) is 139 cm³/mol. The van der Waals surface area contributed by atoms with Crippen molar-refractivity contribution in [1.82, 2.24) is 5.16 Å². The number of ether oxygens (including phenoxy) is 1. The molecule has 3 fully saturated rings. The van der Waals surface area contributed by atoms with Crippen LogP contribution in [0.15, 0.2) is 22.7 Å². The number of benzene rings is 1. The first-order valence-corrected chi connectivity index (χ1v) is 13.7. The Morgan fingerprint density at radius 1 is 1.11 bits per heavy atom. The predicted octanol–water partition coefficient (Wildman–Crippen LogP) is 6.63. The molecule has 1 heterocycles. The topological polar surface area (TPSA) is 81.4 Å². The molecular formula is C30H40N2O4. The molecule has 5 rings (SSSR count). The molecule has 0 spiro atoms. The van der Waals surface area contributed by atoms with E-state index in [4.69, 9.17) is 9.26 Å². The van der Waals surface area contributed by atoms with Crippen LogP contribution >= 0.6 is 0 Å². The molecule has 1 aromatic heterocycles. The summed E-state index contributed by atoms with van der Waals surface area (Å²) >= 11 is 0. The summed E-state index contributed by atoms with van der Waals surface area (Å²) in [6.07, 6.45) is 6.94. The Morgan fingerprint density at radius 3 is 2.50 bits per heavy atom. The van der Waals surface area contributed by atoms with Crippen LogP contribution in [0.4, 0.5) is 5.69 Å². The highest BCUT2D eigenvalue weighted by Crippen LogP contribution is 2.55. The van der Waals surface area contributed by atoms with E-state index >= 15 is 0 Å². The number of hydrogen-bond donors (Lipinski definition) is 1. The van der Waals surface area contributed by atoms with E-state index < -0.39 is 0 Å². The highest BCUT2D eigenvalue weighted by Gasteiger charge is 2.48. The third kappa shape index (κ3) is 4.96. The Bertz CT molecular complexity index is 1130. The van der Waals surface area contributed by atoms with Gasteiger partial charge in [0.25, 0.3) is 0 Å². The second-order valence-electron chi connectivity index (χ2n) is 12.0. The number of anilines is 1. The summed E-state index contributed by atoms with van der Waals surface area (Å²) in [6.45, 7) is 8.63. The molecule has 3 saturated carbocycles. The second kappa shape index (κ2) is 10.0. The Labute approximate surface area is 214 Å². The van der Waals surface area contributed by atoms with E-state index in [-0.39, 0.29) is 29.6 Å². The number of aromatic nitrogens is 1. The van der Waals surface area contributed by atoms with E-state index in [9.17, 15) is 9.59 Å². The van der Waals surface area contributed by atoms with E-state index in [0.717, 1.165) is 47.0 Å². The van der Waals surface area contributed by atoms with Crippen molar-refractivity contribution in [2.24, 2.45) is 23.7 Å². The first-order chi connectivity index (χ1) is 17.2. The summed E-state index contributed by atoms with van der Waals surface area (Å²) in [6, 6.07) is 6.03. The molecule has 3 aliphatic carbocycles. The van der Waals surface area contributed by atoms with E-state index in [1.165, 1.54) is 31.9 Å². The van der Waals surface area contributed by atoms with Gasteiger partial charge < -0.3 is 14.6 Å². The summed E-state index contributed by atoms with van der Waals surface area (Å²) in [4.78, 5) is 26.2. The average Bonchev–Trinajstić information content (AvgIpc) is 3.40. The minimum atomic E-state index is -0.347. The summed E-state index contributed by atoms with van der Waals surface area (Å²) in [5.74, 6) is 2.37. The monoisotopic (exact) mass is 492 g/mol. The standard InChI is InChI=1S/C30H40N2O4/c1-16(2)10-19-12-21(13-19)28-26(20-7-8-20)27(32-36-28)23-14-22(30(34)35-5)15-24(23)29(33)31-25-9-6-17(3)11-18(25)4/h6,9,11,16,19-24H,7-8,10,12-15H2,1-5H3,(H,31,33)/t19?,21?,22?,23-,24-/m0/s1. The van der Waals surface area contributed by atoms with Gasteiger partial charge in [-0.05, 0) is 88.2 Å². The number of methoxy groups -OCH3 is 1. The molecule has 0 radical (unpaired) electrons. The summed E-state index contributed by atoms with van der Waals surface area (Å²) in [5.41, 5.74) is 5.19. The number of esters is 1. The first-order valence-electron chi connectivity index (χ1n) is 13.7. The summed E-state index contributed by atoms with van der Waals surface area (Å²) < 4.78 is 11.2. The van der Waals surface area contributed by atoms with Gasteiger partial charge in [-0.25, -0.2) is 0 Å². The third-order valence-corrected chi connectivity index (χ3v) is 8.61. The van der Waals surface area contributed by atoms with Crippen molar-refractivity contribution < 1.29 is 18.8 Å². The molecule has 6 heteroatoms. The average molecular weight is 493 g/mol. The molecule has 1 N–H and O–H groups in total. The smallest absolute Gasteiger partial charge is 0.308 e. The lowest BCUT2D eigenvalue weighted by molar-refractivity contribution is -0.145. The molecule has 36 heavy (non-hydrogen) atoms. The lowest BCUT2D eigenvalue weighted by atomic mass is 9.69. The van der Waals surface area contributed by atoms with Gasteiger partial charge in [-0.15, -0.1) is 0 Å². The van der Waals surface area contributed by atoms with Gasteiger partial charge in [0.1, 0.15) is 5.76 Å². The summed E-state index contributed by atoms with van der Waals surface area (Å²) in [7, 11) is 1.43. The molecule has 0 bridgehead atoms. The molecular weight excluding hydrogens is 452 g/mol. The van der Waals surface area contributed by atoms with Crippen LogP contribution in [-0.2, 0) is 14.3 Å². The number of rotatable bonds is 8. The molecule has 1 aromatic carbocycles. The molecule has 0 aliphatic heterocycles. The van der Waals surface area contributed by atoms with Crippen molar-refractivity contribution in [2.45, 2.75) is 90.4 Å². The van der Waals surface area contributed by atoms with Crippen molar-refractivity contribution >= 4 is 17.6 Å². The largest absolute Gasteiger partial charge is 0.469 e. The van der Waals surface area contributed by atoms with Gasteiger partial charge in [-0.1, -0.05) is 36.7 Å².